The zero-order valence-electron chi connectivity index (χ0n) is 11.1. The molecule has 0 fully saturated rings. The van der Waals surface area contributed by atoms with E-state index in [2.05, 4.69) is 33.8 Å². The van der Waals surface area contributed by atoms with Crippen LogP contribution in [0.5, 0.6) is 0 Å². The minimum Gasteiger partial charge on any atom is -0.357 e. The first kappa shape index (κ1) is 14.8. The molecule has 0 bridgehead atoms. The summed E-state index contributed by atoms with van der Waals surface area (Å²) in [6.07, 6.45) is 5.07. The van der Waals surface area contributed by atoms with Crippen LogP contribution in [0.3, 0.4) is 0 Å². The Bertz CT molecular complexity index is 340. The second kappa shape index (κ2) is 9.76. The van der Waals surface area contributed by atoms with Gasteiger partial charge in [-0.2, -0.15) is 11.8 Å². The van der Waals surface area contributed by atoms with Crippen LogP contribution >= 0.6 is 11.8 Å². The standard InChI is InChI=1S/C13H22N4S/c1-3-14-13(16-9-6-10-18-2)17-11-12-7-4-5-8-15-12/h4-5,7-8H,3,6,9-11H2,1-2H3,(H2,14,16,17). The molecule has 1 rings (SSSR count). The molecule has 0 amide bonds. The van der Waals surface area contributed by atoms with Gasteiger partial charge >= 0.3 is 0 Å². The molecule has 1 aromatic heterocycles. The lowest BCUT2D eigenvalue weighted by Gasteiger charge is -2.10. The summed E-state index contributed by atoms with van der Waals surface area (Å²) >= 11 is 1.87. The van der Waals surface area contributed by atoms with Crippen LogP contribution in [0.25, 0.3) is 0 Å². The normalized spacial score (nSPS) is 11.3. The van der Waals surface area contributed by atoms with E-state index in [-0.39, 0.29) is 0 Å². The number of guanidine groups is 1. The zero-order valence-corrected chi connectivity index (χ0v) is 12.0. The first-order valence-electron chi connectivity index (χ1n) is 6.28. The van der Waals surface area contributed by atoms with Gasteiger partial charge in [0.2, 0.25) is 0 Å². The third-order valence-corrected chi connectivity index (χ3v) is 2.98. The maximum Gasteiger partial charge on any atom is 0.191 e. The average molecular weight is 266 g/mol. The fourth-order valence-corrected chi connectivity index (χ4v) is 1.85. The van der Waals surface area contributed by atoms with Crippen LogP contribution in [0.1, 0.15) is 19.0 Å². The minimum atomic E-state index is 0.610. The summed E-state index contributed by atoms with van der Waals surface area (Å²) in [7, 11) is 0. The van der Waals surface area contributed by atoms with E-state index in [0.29, 0.717) is 6.54 Å². The van der Waals surface area contributed by atoms with Gasteiger partial charge in [0.15, 0.2) is 5.96 Å². The minimum absolute atomic E-state index is 0.610. The SMILES string of the molecule is CCNC(=NCc1ccccn1)NCCCSC. The Labute approximate surface area is 114 Å². The highest BCUT2D eigenvalue weighted by Gasteiger charge is 1.97. The summed E-state index contributed by atoms with van der Waals surface area (Å²) in [6.45, 7) is 4.50. The molecule has 4 nitrogen and oxygen atoms in total. The molecule has 0 aliphatic rings. The van der Waals surface area contributed by atoms with Gasteiger partial charge in [-0.25, -0.2) is 4.99 Å². The fourth-order valence-electron chi connectivity index (χ4n) is 1.42. The van der Waals surface area contributed by atoms with Gasteiger partial charge in [0.25, 0.3) is 0 Å². The molecule has 0 radical (unpaired) electrons. The summed E-state index contributed by atoms with van der Waals surface area (Å²) in [4.78, 5) is 8.76. The molecular formula is C13H22N4S. The monoisotopic (exact) mass is 266 g/mol. The van der Waals surface area contributed by atoms with Crippen LogP contribution in [0, 0.1) is 0 Å². The number of rotatable bonds is 7. The molecule has 5 heteroatoms. The Morgan fingerprint density at radius 2 is 2.28 bits per heavy atom. The van der Waals surface area contributed by atoms with E-state index in [1.165, 1.54) is 5.75 Å². The van der Waals surface area contributed by atoms with Crippen LogP contribution in [0.15, 0.2) is 29.4 Å². The van der Waals surface area contributed by atoms with Crippen LogP contribution in [-0.4, -0.2) is 36.0 Å². The van der Waals surface area contributed by atoms with Gasteiger partial charge in [-0.1, -0.05) is 6.07 Å². The van der Waals surface area contributed by atoms with E-state index < -0.39 is 0 Å². The number of thioether (sulfide) groups is 1. The molecule has 18 heavy (non-hydrogen) atoms. The largest absolute Gasteiger partial charge is 0.357 e. The van der Waals surface area contributed by atoms with Gasteiger partial charge in [-0.15, -0.1) is 0 Å². The molecule has 1 aromatic rings. The molecule has 0 aliphatic carbocycles. The van der Waals surface area contributed by atoms with Gasteiger partial charge < -0.3 is 10.6 Å². The van der Waals surface area contributed by atoms with Crippen molar-refractivity contribution in [3.63, 3.8) is 0 Å². The maximum absolute atomic E-state index is 4.51. The van der Waals surface area contributed by atoms with Crippen molar-refractivity contribution >= 4 is 17.7 Å². The first-order valence-corrected chi connectivity index (χ1v) is 7.67. The topological polar surface area (TPSA) is 49.3 Å². The Balaban J connectivity index is 2.40. The molecule has 1 heterocycles. The second-order valence-electron chi connectivity index (χ2n) is 3.79. The van der Waals surface area contributed by atoms with E-state index in [4.69, 9.17) is 0 Å². The molecule has 0 saturated carbocycles. The summed E-state index contributed by atoms with van der Waals surface area (Å²) < 4.78 is 0. The quantitative estimate of drug-likeness (QED) is 0.449. The van der Waals surface area contributed by atoms with Crippen molar-refractivity contribution in [2.45, 2.75) is 19.9 Å². The van der Waals surface area contributed by atoms with Crippen molar-refractivity contribution in [1.82, 2.24) is 15.6 Å². The molecule has 100 valence electrons. The number of aliphatic imine (C=N–C) groups is 1. The van der Waals surface area contributed by atoms with E-state index in [1.54, 1.807) is 6.20 Å². The second-order valence-corrected chi connectivity index (χ2v) is 4.77. The average Bonchev–Trinajstić information content (AvgIpc) is 2.42. The predicted molar refractivity (Wildman–Crippen MR) is 80.1 cm³/mol. The number of pyridine rings is 1. The molecule has 0 spiro atoms. The van der Waals surface area contributed by atoms with Crippen molar-refractivity contribution in [3.8, 4) is 0 Å². The van der Waals surface area contributed by atoms with Crippen LogP contribution in [0.2, 0.25) is 0 Å². The molecule has 0 aliphatic heterocycles. The highest BCUT2D eigenvalue weighted by Crippen LogP contribution is 1.96. The number of nitrogens with one attached hydrogen (secondary N) is 2. The number of aromatic nitrogens is 1. The van der Waals surface area contributed by atoms with Crippen LogP contribution < -0.4 is 10.6 Å². The lowest BCUT2D eigenvalue weighted by atomic mass is 10.3. The van der Waals surface area contributed by atoms with E-state index in [1.807, 2.05) is 30.0 Å². The van der Waals surface area contributed by atoms with Gasteiger partial charge in [-0.3, -0.25) is 4.98 Å². The fraction of sp³-hybridized carbons (Fsp3) is 0.538. The summed E-state index contributed by atoms with van der Waals surface area (Å²) in [5, 5.41) is 6.56. The molecule has 0 aromatic carbocycles. The zero-order chi connectivity index (χ0) is 13.1. The molecular weight excluding hydrogens is 244 g/mol. The Morgan fingerprint density at radius 3 is 2.94 bits per heavy atom. The molecule has 0 unspecified atom stereocenters. The Kier molecular flexibility index (Phi) is 8.04. The van der Waals surface area contributed by atoms with Gasteiger partial charge in [0.05, 0.1) is 12.2 Å². The third kappa shape index (κ3) is 6.49. The molecule has 0 saturated heterocycles. The van der Waals surface area contributed by atoms with Gasteiger partial charge in [0, 0.05) is 19.3 Å². The predicted octanol–water partition coefficient (Wildman–Crippen LogP) is 1.89. The molecule has 2 N–H and O–H groups in total. The van der Waals surface area contributed by atoms with E-state index in [0.717, 1.165) is 31.2 Å². The lowest BCUT2D eigenvalue weighted by molar-refractivity contribution is 0.787. The number of hydrogen-bond acceptors (Lipinski definition) is 3. The van der Waals surface area contributed by atoms with Crippen molar-refractivity contribution < 1.29 is 0 Å². The first-order chi connectivity index (χ1) is 8.86. The van der Waals surface area contributed by atoms with E-state index in [9.17, 15) is 0 Å². The third-order valence-electron chi connectivity index (χ3n) is 2.29. The van der Waals surface area contributed by atoms with Gasteiger partial charge in [-0.05, 0) is 37.5 Å². The van der Waals surface area contributed by atoms with Gasteiger partial charge in [0.1, 0.15) is 0 Å². The van der Waals surface area contributed by atoms with Crippen molar-refractivity contribution in [3.05, 3.63) is 30.1 Å². The van der Waals surface area contributed by atoms with Crippen molar-refractivity contribution in [2.75, 3.05) is 25.1 Å². The number of nitrogens with zero attached hydrogens (tertiary/aromatic N) is 2. The Morgan fingerprint density at radius 1 is 1.39 bits per heavy atom. The maximum atomic E-state index is 4.51. The van der Waals surface area contributed by atoms with Crippen molar-refractivity contribution in [1.29, 1.82) is 0 Å². The Hall–Kier alpha value is -1.23. The van der Waals surface area contributed by atoms with Crippen molar-refractivity contribution in [2.24, 2.45) is 4.99 Å². The number of hydrogen-bond donors (Lipinski definition) is 2. The lowest BCUT2D eigenvalue weighted by Crippen LogP contribution is -2.37. The summed E-state index contributed by atoms with van der Waals surface area (Å²) in [6, 6.07) is 5.89. The van der Waals surface area contributed by atoms with Crippen LogP contribution in [0.4, 0.5) is 0 Å². The summed E-state index contributed by atoms with van der Waals surface area (Å²) in [5.41, 5.74) is 0.985. The van der Waals surface area contributed by atoms with E-state index >= 15 is 0 Å². The highest BCUT2D eigenvalue weighted by molar-refractivity contribution is 7.98. The summed E-state index contributed by atoms with van der Waals surface area (Å²) in [5.74, 6) is 2.04. The smallest absolute Gasteiger partial charge is 0.191 e. The van der Waals surface area contributed by atoms with Crippen LogP contribution in [-0.2, 0) is 6.54 Å². The molecule has 0 atom stereocenters. The highest BCUT2D eigenvalue weighted by atomic mass is 32.2.